The zero-order valence-corrected chi connectivity index (χ0v) is 12.7. The lowest BCUT2D eigenvalue weighted by Crippen LogP contribution is -2.45. The number of carbonyl (C=O) groups excluding carboxylic acids is 2. The van der Waals surface area contributed by atoms with Crippen molar-refractivity contribution in [1.82, 2.24) is 20.1 Å². The summed E-state index contributed by atoms with van der Waals surface area (Å²) in [6.07, 6.45) is 1.75. The van der Waals surface area contributed by atoms with Gasteiger partial charge in [0.1, 0.15) is 12.4 Å². The van der Waals surface area contributed by atoms with Crippen LogP contribution < -0.4 is 5.32 Å². The molecule has 20 heavy (non-hydrogen) atoms. The van der Waals surface area contributed by atoms with E-state index in [9.17, 15) is 9.59 Å². The van der Waals surface area contributed by atoms with Gasteiger partial charge in [-0.05, 0) is 5.41 Å². The van der Waals surface area contributed by atoms with Gasteiger partial charge in [-0.2, -0.15) is 10.1 Å². The zero-order chi connectivity index (χ0) is 14.8. The molecular weight excluding hydrogens is 278 g/mol. The molecular formula is C12H19N5O2S. The number of carbonyl (C=O) groups is 2. The topological polar surface area (TPSA) is 91.0 Å². The van der Waals surface area contributed by atoms with Crippen molar-refractivity contribution >= 4 is 29.5 Å². The van der Waals surface area contributed by atoms with Crippen molar-refractivity contribution in [2.45, 2.75) is 33.2 Å². The number of thioether (sulfide) groups is 1. The van der Waals surface area contributed by atoms with Crippen molar-refractivity contribution in [2.75, 3.05) is 16.9 Å². The molecule has 1 saturated heterocycles. The molecule has 0 saturated carbocycles. The Bertz CT molecular complexity index is 483. The molecule has 2 N–H and O–H groups in total. The Labute approximate surface area is 121 Å². The summed E-state index contributed by atoms with van der Waals surface area (Å²) in [5.41, 5.74) is -0.0870. The van der Waals surface area contributed by atoms with Crippen molar-refractivity contribution in [3.8, 4) is 0 Å². The predicted octanol–water partition coefficient (Wildman–Crippen LogP) is 1.08. The van der Waals surface area contributed by atoms with Crippen LogP contribution in [0.25, 0.3) is 0 Å². The number of aromatic amines is 1. The summed E-state index contributed by atoms with van der Waals surface area (Å²) in [5, 5.41) is 8.87. The van der Waals surface area contributed by atoms with Crippen LogP contribution in [0.15, 0.2) is 6.33 Å². The summed E-state index contributed by atoms with van der Waals surface area (Å²) in [5.74, 6) is 1.25. The second-order valence-electron chi connectivity index (χ2n) is 5.94. The van der Waals surface area contributed by atoms with Gasteiger partial charge in [-0.3, -0.25) is 14.9 Å². The van der Waals surface area contributed by atoms with Gasteiger partial charge in [0.05, 0.1) is 5.88 Å². The number of rotatable bonds is 3. The van der Waals surface area contributed by atoms with E-state index >= 15 is 0 Å². The smallest absolute Gasteiger partial charge is 0.250 e. The number of nitrogens with zero attached hydrogens (tertiary/aromatic N) is 3. The molecule has 0 spiro atoms. The first-order valence-electron chi connectivity index (χ1n) is 6.40. The summed E-state index contributed by atoms with van der Waals surface area (Å²) >= 11 is 1.58. The van der Waals surface area contributed by atoms with Crippen LogP contribution >= 0.6 is 11.8 Å². The molecule has 1 fully saturated rings. The van der Waals surface area contributed by atoms with Gasteiger partial charge in [0.2, 0.25) is 17.8 Å². The number of anilines is 1. The van der Waals surface area contributed by atoms with E-state index < -0.39 is 6.04 Å². The maximum absolute atomic E-state index is 12.3. The lowest BCUT2D eigenvalue weighted by atomic mass is 9.91. The van der Waals surface area contributed by atoms with Crippen molar-refractivity contribution in [1.29, 1.82) is 0 Å². The summed E-state index contributed by atoms with van der Waals surface area (Å²) in [7, 11) is 0. The second kappa shape index (κ2) is 5.82. The van der Waals surface area contributed by atoms with E-state index in [0.29, 0.717) is 24.0 Å². The van der Waals surface area contributed by atoms with Crippen LogP contribution in [-0.4, -0.2) is 49.6 Å². The van der Waals surface area contributed by atoms with Gasteiger partial charge in [0, 0.05) is 12.2 Å². The molecule has 1 aliphatic rings. The van der Waals surface area contributed by atoms with Gasteiger partial charge in [-0.1, -0.05) is 20.8 Å². The minimum Gasteiger partial charge on any atom is -0.321 e. The Morgan fingerprint density at radius 2 is 2.30 bits per heavy atom. The van der Waals surface area contributed by atoms with Gasteiger partial charge in [-0.25, -0.2) is 5.10 Å². The van der Waals surface area contributed by atoms with E-state index in [0.717, 1.165) is 0 Å². The van der Waals surface area contributed by atoms with E-state index in [1.165, 1.54) is 6.33 Å². The maximum atomic E-state index is 12.3. The number of nitrogens with one attached hydrogen (secondary N) is 2. The maximum Gasteiger partial charge on any atom is 0.250 e. The normalized spacial score (nSPS) is 19.1. The number of H-pyrrole nitrogens is 1. The molecule has 1 aromatic rings. The van der Waals surface area contributed by atoms with Crippen molar-refractivity contribution < 1.29 is 9.59 Å². The Kier molecular flexibility index (Phi) is 4.32. The van der Waals surface area contributed by atoms with Crippen LogP contribution in [0.5, 0.6) is 0 Å². The molecule has 0 bridgehead atoms. The minimum absolute atomic E-state index is 0.0141. The fraction of sp³-hybridized carbons (Fsp3) is 0.667. The van der Waals surface area contributed by atoms with Crippen LogP contribution in [0.2, 0.25) is 0 Å². The molecule has 2 rings (SSSR count). The van der Waals surface area contributed by atoms with Gasteiger partial charge >= 0.3 is 0 Å². The monoisotopic (exact) mass is 297 g/mol. The van der Waals surface area contributed by atoms with Gasteiger partial charge < -0.3 is 4.90 Å². The number of amides is 2. The van der Waals surface area contributed by atoms with Crippen LogP contribution in [0.1, 0.15) is 27.2 Å². The van der Waals surface area contributed by atoms with E-state index in [-0.39, 0.29) is 17.2 Å². The molecule has 2 heterocycles. The standard InChI is InChI=1S/C12H19N5O2S/c1-12(2,3)4-9(18)17-7-20-5-8(17)10(19)15-11-13-6-14-16-11/h6,8H,4-5,7H2,1-3H3,(H2,13,14,15,16,19). The molecule has 1 aromatic heterocycles. The highest BCUT2D eigenvalue weighted by molar-refractivity contribution is 7.99. The van der Waals surface area contributed by atoms with Crippen LogP contribution in [0.3, 0.4) is 0 Å². The SMILES string of the molecule is CC(C)(C)CC(=O)N1CSCC1C(=O)Nc1ncn[nH]1. The molecule has 0 aliphatic carbocycles. The van der Waals surface area contributed by atoms with Gasteiger partial charge in [0.25, 0.3) is 0 Å². The largest absolute Gasteiger partial charge is 0.321 e. The highest BCUT2D eigenvalue weighted by atomic mass is 32.2. The predicted molar refractivity (Wildman–Crippen MR) is 77.0 cm³/mol. The minimum atomic E-state index is -0.444. The van der Waals surface area contributed by atoms with Gasteiger partial charge in [0.15, 0.2) is 0 Å². The summed E-state index contributed by atoms with van der Waals surface area (Å²) in [6, 6.07) is -0.444. The zero-order valence-electron chi connectivity index (χ0n) is 11.8. The molecule has 8 heteroatoms. The summed E-state index contributed by atoms with van der Waals surface area (Å²) in [4.78, 5) is 30.0. The highest BCUT2D eigenvalue weighted by Gasteiger charge is 2.36. The van der Waals surface area contributed by atoms with E-state index in [4.69, 9.17) is 0 Å². The Balaban J connectivity index is 1.99. The average Bonchev–Trinajstić information content (AvgIpc) is 2.96. The third-order valence-corrected chi connectivity index (χ3v) is 3.86. The first kappa shape index (κ1) is 14.8. The molecule has 1 aliphatic heterocycles. The van der Waals surface area contributed by atoms with E-state index in [1.54, 1.807) is 16.7 Å². The van der Waals surface area contributed by atoms with Crippen LogP contribution in [0, 0.1) is 5.41 Å². The molecule has 0 aromatic carbocycles. The van der Waals surface area contributed by atoms with Crippen molar-refractivity contribution in [3.63, 3.8) is 0 Å². The summed E-state index contributed by atoms with van der Waals surface area (Å²) < 4.78 is 0. The summed E-state index contributed by atoms with van der Waals surface area (Å²) in [6.45, 7) is 6.03. The second-order valence-corrected chi connectivity index (χ2v) is 6.94. The Morgan fingerprint density at radius 1 is 1.55 bits per heavy atom. The fourth-order valence-corrected chi connectivity index (χ4v) is 3.11. The molecule has 1 unspecified atom stereocenters. The van der Waals surface area contributed by atoms with Crippen LogP contribution in [-0.2, 0) is 9.59 Å². The highest BCUT2D eigenvalue weighted by Crippen LogP contribution is 2.26. The first-order valence-corrected chi connectivity index (χ1v) is 7.56. The number of hydrogen-bond acceptors (Lipinski definition) is 5. The average molecular weight is 297 g/mol. The first-order chi connectivity index (χ1) is 9.37. The molecule has 1 atom stereocenters. The van der Waals surface area contributed by atoms with Crippen molar-refractivity contribution in [2.24, 2.45) is 5.41 Å². The quantitative estimate of drug-likeness (QED) is 0.871. The van der Waals surface area contributed by atoms with E-state index in [1.807, 2.05) is 20.8 Å². The van der Waals surface area contributed by atoms with Crippen molar-refractivity contribution in [3.05, 3.63) is 6.33 Å². The Hall–Kier alpha value is -1.57. The molecule has 110 valence electrons. The van der Waals surface area contributed by atoms with E-state index in [2.05, 4.69) is 20.5 Å². The third kappa shape index (κ3) is 3.72. The number of hydrogen-bond donors (Lipinski definition) is 2. The molecule has 2 amide bonds. The fourth-order valence-electron chi connectivity index (χ4n) is 1.93. The number of aromatic nitrogens is 3. The molecule has 0 radical (unpaired) electrons. The lowest BCUT2D eigenvalue weighted by Gasteiger charge is -2.26. The third-order valence-electron chi connectivity index (χ3n) is 2.84. The molecule has 7 nitrogen and oxygen atoms in total. The lowest BCUT2D eigenvalue weighted by molar-refractivity contribution is -0.137. The van der Waals surface area contributed by atoms with Gasteiger partial charge in [-0.15, -0.1) is 11.8 Å². The van der Waals surface area contributed by atoms with Crippen LogP contribution in [0.4, 0.5) is 5.95 Å². The Morgan fingerprint density at radius 3 is 2.90 bits per heavy atom.